The van der Waals surface area contributed by atoms with Crippen molar-refractivity contribution in [3.8, 4) is 0 Å². The fourth-order valence-electron chi connectivity index (χ4n) is 4.14. The molecule has 0 saturated heterocycles. The number of rotatable bonds is 1. The molecule has 0 atom stereocenters. The minimum Gasteiger partial charge on any atom is -0.378 e. The minimum atomic E-state index is 0.139. The molecule has 7 rings (SSSR count). The van der Waals surface area contributed by atoms with Crippen LogP contribution in [0.25, 0.3) is 40.3 Å². The van der Waals surface area contributed by atoms with Gasteiger partial charge in [-0.3, -0.25) is 14.6 Å². The van der Waals surface area contributed by atoms with E-state index >= 15 is 0 Å². The highest BCUT2D eigenvalue weighted by molar-refractivity contribution is 7.24. The SMILES string of the molecule is CN(C)c1ccncc1.O=c1c2ccccc2sc2ccccc12.O=c1c2ccccc2sc2ccccc12. The number of benzene rings is 4. The van der Waals surface area contributed by atoms with E-state index in [1.807, 2.05) is 128 Å². The lowest BCUT2D eigenvalue weighted by molar-refractivity contribution is 1.12. The second-order valence-corrected chi connectivity index (χ2v) is 11.1. The van der Waals surface area contributed by atoms with Crippen LogP contribution >= 0.6 is 22.7 Å². The predicted octanol–water partition coefficient (Wildman–Crippen LogP) is 7.98. The molecule has 0 unspecified atom stereocenters. The first-order valence-electron chi connectivity index (χ1n) is 12.4. The van der Waals surface area contributed by atoms with Gasteiger partial charge in [-0.05, 0) is 60.7 Å². The van der Waals surface area contributed by atoms with Gasteiger partial charge in [0.1, 0.15) is 0 Å². The van der Waals surface area contributed by atoms with Crippen molar-refractivity contribution < 1.29 is 0 Å². The molecule has 39 heavy (non-hydrogen) atoms. The van der Waals surface area contributed by atoms with Crippen molar-refractivity contribution in [1.82, 2.24) is 4.98 Å². The normalized spacial score (nSPS) is 10.5. The highest BCUT2D eigenvalue weighted by Crippen LogP contribution is 2.24. The summed E-state index contributed by atoms with van der Waals surface area (Å²) in [5.41, 5.74) is 1.46. The summed E-state index contributed by atoms with van der Waals surface area (Å²) in [4.78, 5) is 30.1. The first-order chi connectivity index (χ1) is 19.0. The van der Waals surface area contributed by atoms with Crippen LogP contribution in [-0.4, -0.2) is 19.1 Å². The molecule has 0 aliphatic carbocycles. The molecule has 0 N–H and O–H groups in total. The predicted molar refractivity (Wildman–Crippen MR) is 170 cm³/mol. The number of nitrogens with zero attached hydrogens (tertiary/aromatic N) is 2. The molecule has 0 radical (unpaired) electrons. The van der Waals surface area contributed by atoms with E-state index < -0.39 is 0 Å². The van der Waals surface area contributed by atoms with Crippen LogP contribution in [0.4, 0.5) is 5.69 Å². The lowest BCUT2D eigenvalue weighted by atomic mass is 10.2. The number of pyridine rings is 1. The van der Waals surface area contributed by atoms with E-state index in [2.05, 4.69) is 4.98 Å². The smallest absolute Gasteiger partial charge is 0.195 e. The van der Waals surface area contributed by atoms with E-state index in [9.17, 15) is 9.59 Å². The standard InChI is InChI=1S/2C13H8OS.C7H10N2/c2*14-13-9-5-1-3-7-11(9)15-12-8-4-2-6-10(12)13;1-9(2)7-3-5-8-6-4-7/h2*1-8H;3-6H,1-2H3. The van der Waals surface area contributed by atoms with E-state index in [1.165, 1.54) is 5.69 Å². The van der Waals surface area contributed by atoms with Crippen LogP contribution in [0.5, 0.6) is 0 Å². The maximum atomic E-state index is 12.1. The van der Waals surface area contributed by atoms with Gasteiger partial charge in [0.05, 0.1) is 0 Å². The lowest BCUT2D eigenvalue weighted by Gasteiger charge is -2.10. The van der Waals surface area contributed by atoms with Crippen molar-refractivity contribution in [1.29, 1.82) is 0 Å². The van der Waals surface area contributed by atoms with E-state index in [1.54, 1.807) is 35.1 Å². The first kappa shape index (κ1) is 26.2. The van der Waals surface area contributed by atoms with Crippen LogP contribution in [0.2, 0.25) is 0 Å². The molecule has 7 aromatic rings. The Morgan fingerprint density at radius 3 is 1.08 bits per heavy atom. The zero-order chi connectivity index (χ0) is 27.2. The summed E-state index contributed by atoms with van der Waals surface area (Å²) in [6.45, 7) is 0. The van der Waals surface area contributed by atoms with Crippen molar-refractivity contribution in [2.75, 3.05) is 19.0 Å². The quantitative estimate of drug-likeness (QED) is 0.196. The van der Waals surface area contributed by atoms with Gasteiger partial charge in [-0.1, -0.05) is 48.5 Å². The Kier molecular flexibility index (Phi) is 8.06. The largest absolute Gasteiger partial charge is 0.378 e. The molecule has 0 amide bonds. The highest BCUT2D eigenvalue weighted by atomic mass is 32.1. The molecule has 192 valence electrons. The number of aromatic nitrogens is 1. The van der Waals surface area contributed by atoms with Crippen LogP contribution in [0.3, 0.4) is 0 Å². The molecule has 0 spiro atoms. The second kappa shape index (κ2) is 12.0. The second-order valence-electron chi connectivity index (χ2n) is 8.95. The summed E-state index contributed by atoms with van der Waals surface area (Å²) in [6.07, 6.45) is 3.57. The maximum absolute atomic E-state index is 12.1. The Labute approximate surface area is 234 Å². The molecule has 0 saturated carbocycles. The summed E-state index contributed by atoms with van der Waals surface area (Å²) in [6, 6.07) is 35.0. The van der Waals surface area contributed by atoms with E-state index in [-0.39, 0.29) is 10.9 Å². The monoisotopic (exact) mass is 546 g/mol. The molecule has 0 bridgehead atoms. The third-order valence-corrected chi connectivity index (χ3v) is 8.45. The van der Waals surface area contributed by atoms with Gasteiger partial charge in [-0.15, -0.1) is 22.7 Å². The van der Waals surface area contributed by atoms with Gasteiger partial charge in [-0.2, -0.15) is 0 Å². The van der Waals surface area contributed by atoms with E-state index in [4.69, 9.17) is 0 Å². The molecule has 3 aromatic heterocycles. The average Bonchev–Trinajstić information content (AvgIpc) is 2.99. The van der Waals surface area contributed by atoms with Crippen molar-refractivity contribution in [2.45, 2.75) is 0 Å². The number of anilines is 1. The number of hydrogen-bond donors (Lipinski definition) is 0. The van der Waals surface area contributed by atoms with Gasteiger partial charge in [0.25, 0.3) is 0 Å². The van der Waals surface area contributed by atoms with Gasteiger partial charge >= 0.3 is 0 Å². The third kappa shape index (κ3) is 5.87. The molecule has 0 aliphatic heterocycles. The van der Waals surface area contributed by atoms with Crippen LogP contribution in [0.15, 0.2) is 131 Å². The van der Waals surface area contributed by atoms with Crippen LogP contribution in [-0.2, 0) is 0 Å². The zero-order valence-corrected chi connectivity index (χ0v) is 23.2. The molecule has 3 heterocycles. The lowest BCUT2D eigenvalue weighted by Crippen LogP contribution is -2.07. The number of fused-ring (bicyclic) bond motifs is 4. The van der Waals surface area contributed by atoms with Crippen molar-refractivity contribution >= 4 is 68.7 Å². The summed E-state index contributed by atoms with van der Waals surface area (Å²) >= 11 is 3.33. The molecular weight excluding hydrogens is 521 g/mol. The summed E-state index contributed by atoms with van der Waals surface area (Å²) < 4.78 is 4.23. The first-order valence-corrected chi connectivity index (χ1v) is 14.0. The molecule has 4 aromatic carbocycles. The van der Waals surface area contributed by atoms with Gasteiger partial charge in [0.15, 0.2) is 10.9 Å². The molecule has 4 nitrogen and oxygen atoms in total. The summed E-state index contributed by atoms with van der Waals surface area (Å²) in [5, 5.41) is 3.28. The minimum absolute atomic E-state index is 0.139. The van der Waals surface area contributed by atoms with Crippen LogP contribution < -0.4 is 15.8 Å². The molecule has 0 fully saturated rings. The number of hydrogen-bond acceptors (Lipinski definition) is 6. The van der Waals surface area contributed by atoms with Crippen molar-refractivity contribution in [2.24, 2.45) is 0 Å². The van der Waals surface area contributed by atoms with Crippen LogP contribution in [0.1, 0.15) is 0 Å². The summed E-state index contributed by atoms with van der Waals surface area (Å²) in [7, 11) is 4.02. The molecule has 0 aliphatic rings. The fourth-order valence-corrected chi connectivity index (χ4v) is 6.29. The average molecular weight is 547 g/mol. The topological polar surface area (TPSA) is 50.3 Å². The van der Waals surface area contributed by atoms with Gasteiger partial charge < -0.3 is 4.90 Å². The molecular formula is C33H26N2O2S2. The highest BCUT2D eigenvalue weighted by Gasteiger charge is 2.04. The van der Waals surface area contributed by atoms with Crippen molar-refractivity contribution in [3.05, 3.63) is 142 Å². The Morgan fingerprint density at radius 1 is 0.487 bits per heavy atom. The Bertz CT molecular complexity index is 1760. The van der Waals surface area contributed by atoms with Gasteiger partial charge in [0.2, 0.25) is 0 Å². The van der Waals surface area contributed by atoms with Gasteiger partial charge in [0, 0.05) is 72.5 Å². The maximum Gasteiger partial charge on any atom is 0.195 e. The van der Waals surface area contributed by atoms with Crippen LogP contribution in [0, 0.1) is 0 Å². The van der Waals surface area contributed by atoms with Gasteiger partial charge in [-0.25, -0.2) is 0 Å². The van der Waals surface area contributed by atoms with E-state index in [0.717, 1.165) is 40.3 Å². The molecule has 6 heteroatoms. The third-order valence-electron chi connectivity index (χ3n) is 6.15. The van der Waals surface area contributed by atoms with Crippen molar-refractivity contribution in [3.63, 3.8) is 0 Å². The Balaban J connectivity index is 0.000000123. The Hall–Kier alpha value is -4.39. The fraction of sp³-hybridized carbons (Fsp3) is 0.0606. The zero-order valence-electron chi connectivity index (χ0n) is 21.6. The van der Waals surface area contributed by atoms with E-state index in [0.29, 0.717) is 0 Å². The summed E-state index contributed by atoms with van der Waals surface area (Å²) in [5.74, 6) is 0. The Morgan fingerprint density at radius 2 is 0.795 bits per heavy atom.